The predicted molar refractivity (Wildman–Crippen MR) is 73.4 cm³/mol. The number of pyridine rings is 1. The lowest BCUT2D eigenvalue weighted by molar-refractivity contribution is -0.141. The number of hydrogen-bond donors (Lipinski definition) is 1. The number of ether oxygens (including phenoxy) is 1. The van der Waals surface area contributed by atoms with Gasteiger partial charge in [0.15, 0.2) is 0 Å². The molecule has 0 aliphatic rings. The van der Waals surface area contributed by atoms with Crippen molar-refractivity contribution in [2.45, 2.75) is 13.3 Å². The zero-order valence-electron chi connectivity index (χ0n) is 11.8. The Morgan fingerprint density at radius 3 is 2.60 bits per heavy atom. The molecule has 6 nitrogen and oxygen atoms in total. The number of aliphatic carboxylic acids is 1. The van der Waals surface area contributed by atoms with E-state index in [1.807, 2.05) is 0 Å². The van der Waals surface area contributed by atoms with Crippen LogP contribution in [0.2, 0.25) is 0 Å². The van der Waals surface area contributed by atoms with E-state index < -0.39 is 11.9 Å². The van der Waals surface area contributed by atoms with Gasteiger partial charge in [-0.15, -0.1) is 0 Å². The molecule has 0 aliphatic carbocycles. The molecule has 0 saturated heterocycles. The van der Waals surface area contributed by atoms with Crippen molar-refractivity contribution in [2.75, 3.05) is 26.8 Å². The van der Waals surface area contributed by atoms with Gasteiger partial charge < -0.3 is 14.7 Å². The minimum absolute atomic E-state index is 0.181. The highest BCUT2D eigenvalue weighted by Crippen LogP contribution is 2.08. The monoisotopic (exact) mass is 280 g/mol. The van der Waals surface area contributed by atoms with E-state index in [9.17, 15) is 9.59 Å². The maximum absolute atomic E-state index is 12.4. The summed E-state index contributed by atoms with van der Waals surface area (Å²) in [5, 5.41) is 8.98. The number of amides is 1. The summed E-state index contributed by atoms with van der Waals surface area (Å²) in [7, 11) is 1.59. The largest absolute Gasteiger partial charge is 0.481 e. The van der Waals surface area contributed by atoms with Gasteiger partial charge in [-0.05, 0) is 18.6 Å². The minimum Gasteiger partial charge on any atom is -0.481 e. The Morgan fingerprint density at radius 1 is 1.40 bits per heavy atom. The molecule has 1 rings (SSSR count). The van der Waals surface area contributed by atoms with Crippen molar-refractivity contribution in [1.29, 1.82) is 0 Å². The first kappa shape index (κ1) is 16.1. The Balaban J connectivity index is 2.75. The zero-order valence-corrected chi connectivity index (χ0v) is 11.8. The van der Waals surface area contributed by atoms with Crippen LogP contribution in [0.25, 0.3) is 0 Å². The van der Waals surface area contributed by atoms with Gasteiger partial charge in [0.25, 0.3) is 5.91 Å². The number of hydrogen-bond acceptors (Lipinski definition) is 4. The normalized spacial score (nSPS) is 11.9. The first-order chi connectivity index (χ1) is 9.56. The minimum atomic E-state index is -0.913. The Labute approximate surface area is 118 Å². The molecule has 1 atom stereocenters. The standard InChI is InChI=1S/C14H20N2O4/c1-11(14(18)19)10-16(8-3-9-20-2)13(17)12-4-6-15-7-5-12/h4-7,11H,3,8-10H2,1-2H3,(H,18,19). The van der Waals surface area contributed by atoms with Crippen LogP contribution in [0.3, 0.4) is 0 Å². The Bertz CT molecular complexity index is 436. The van der Waals surface area contributed by atoms with E-state index in [2.05, 4.69) is 4.98 Å². The summed E-state index contributed by atoms with van der Waals surface area (Å²) in [4.78, 5) is 28.7. The van der Waals surface area contributed by atoms with E-state index in [0.29, 0.717) is 25.1 Å². The van der Waals surface area contributed by atoms with Crippen LogP contribution < -0.4 is 0 Å². The average Bonchev–Trinajstić information content (AvgIpc) is 2.46. The summed E-state index contributed by atoms with van der Waals surface area (Å²) >= 11 is 0. The molecule has 0 spiro atoms. The lowest BCUT2D eigenvalue weighted by Gasteiger charge is -2.24. The van der Waals surface area contributed by atoms with Gasteiger partial charge in [-0.25, -0.2) is 0 Å². The van der Waals surface area contributed by atoms with Gasteiger partial charge in [-0.2, -0.15) is 0 Å². The number of carboxylic acids is 1. The molecular weight excluding hydrogens is 260 g/mol. The van der Waals surface area contributed by atoms with E-state index in [-0.39, 0.29) is 12.5 Å². The molecule has 1 heterocycles. The number of nitrogens with zero attached hydrogens (tertiary/aromatic N) is 2. The molecule has 110 valence electrons. The van der Waals surface area contributed by atoms with Crippen LogP contribution in [0.15, 0.2) is 24.5 Å². The van der Waals surface area contributed by atoms with Crippen LogP contribution in [0.1, 0.15) is 23.7 Å². The summed E-state index contributed by atoms with van der Waals surface area (Å²) < 4.78 is 4.97. The average molecular weight is 280 g/mol. The van der Waals surface area contributed by atoms with E-state index in [1.54, 1.807) is 43.5 Å². The van der Waals surface area contributed by atoms with Gasteiger partial charge >= 0.3 is 5.97 Å². The topological polar surface area (TPSA) is 79.7 Å². The molecule has 20 heavy (non-hydrogen) atoms. The fraction of sp³-hybridized carbons (Fsp3) is 0.500. The molecule has 0 fully saturated rings. The van der Waals surface area contributed by atoms with Crippen molar-refractivity contribution in [2.24, 2.45) is 5.92 Å². The maximum Gasteiger partial charge on any atom is 0.308 e. The van der Waals surface area contributed by atoms with Gasteiger partial charge in [-0.1, -0.05) is 6.92 Å². The fourth-order valence-electron chi connectivity index (χ4n) is 1.76. The second kappa shape index (κ2) is 8.27. The maximum atomic E-state index is 12.4. The number of carbonyl (C=O) groups is 2. The van der Waals surface area contributed by atoms with E-state index in [4.69, 9.17) is 9.84 Å². The van der Waals surface area contributed by atoms with Crippen LogP contribution in [0.5, 0.6) is 0 Å². The quantitative estimate of drug-likeness (QED) is 0.726. The zero-order chi connectivity index (χ0) is 15.0. The van der Waals surface area contributed by atoms with E-state index in [0.717, 1.165) is 0 Å². The van der Waals surface area contributed by atoms with Crippen molar-refractivity contribution in [1.82, 2.24) is 9.88 Å². The molecule has 1 aromatic heterocycles. The Hall–Kier alpha value is -1.95. The summed E-state index contributed by atoms with van der Waals surface area (Å²) in [5.41, 5.74) is 0.509. The molecule has 0 radical (unpaired) electrons. The molecule has 0 aromatic carbocycles. The number of rotatable bonds is 8. The first-order valence-corrected chi connectivity index (χ1v) is 6.47. The summed E-state index contributed by atoms with van der Waals surface area (Å²) in [5.74, 6) is -1.70. The third-order valence-electron chi connectivity index (χ3n) is 2.91. The molecule has 1 amide bonds. The molecular formula is C14H20N2O4. The Kier molecular flexibility index (Phi) is 6.66. The van der Waals surface area contributed by atoms with Crippen LogP contribution >= 0.6 is 0 Å². The molecule has 1 unspecified atom stereocenters. The van der Waals surface area contributed by atoms with E-state index >= 15 is 0 Å². The van der Waals surface area contributed by atoms with Crippen molar-refractivity contribution >= 4 is 11.9 Å². The number of aromatic nitrogens is 1. The van der Waals surface area contributed by atoms with Crippen LogP contribution in [-0.2, 0) is 9.53 Å². The molecule has 0 saturated carbocycles. The van der Waals surface area contributed by atoms with Gasteiger partial charge in [0, 0.05) is 44.8 Å². The van der Waals surface area contributed by atoms with E-state index in [1.165, 1.54) is 0 Å². The van der Waals surface area contributed by atoms with Gasteiger partial charge in [0.2, 0.25) is 0 Å². The number of carboxylic acid groups (broad SMARTS) is 1. The number of carbonyl (C=O) groups excluding carboxylic acids is 1. The smallest absolute Gasteiger partial charge is 0.308 e. The fourth-order valence-corrected chi connectivity index (χ4v) is 1.76. The molecule has 0 bridgehead atoms. The molecule has 1 N–H and O–H groups in total. The van der Waals surface area contributed by atoms with Crippen LogP contribution in [0.4, 0.5) is 0 Å². The van der Waals surface area contributed by atoms with Gasteiger partial charge in [-0.3, -0.25) is 14.6 Å². The van der Waals surface area contributed by atoms with Crippen molar-refractivity contribution < 1.29 is 19.4 Å². The Morgan fingerprint density at radius 2 is 2.05 bits per heavy atom. The second-order valence-electron chi connectivity index (χ2n) is 4.57. The SMILES string of the molecule is COCCCN(CC(C)C(=O)O)C(=O)c1ccncc1. The number of methoxy groups -OCH3 is 1. The molecule has 6 heteroatoms. The van der Waals surface area contributed by atoms with Gasteiger partial charge in [0.1, 0.15) is 0 Å². The van der Waals surface area contributed by atoms with Crippen molar-refractivity contribution in [3.63, 3.8) is 0 Å². The van der Waals surface area contributed by atoms with Crippen LogP contribution in [0, 0.1) is 5.92 Å². The predicted octanol–water partition coefficient (Wildman–Crippen LogP) is 1.28. The highest BCUT2D eigenvalue weighted by atomic mass is 16.5. The molecule has 1 aromatic rings. The van der Waals surface area contributed by atoms with Crippen LogP contribution in [-0.4, -0.2) is 53.7 Å². The third kappa shape index (κ3) is 4.97. The van der Waals surface area contributed by atoms with Crippen molar-refractivity contribution in [3.05, 3.63) is 30.1 Å². The summed E-state index contributed by atoms with van der Waals surface area (Å²) in [6, 6.07) is 3.24. The summed E-state index contributed by atoms with van der Waals surface area (Å²) in [6.45, 7) is 2.76. The third-order valence-corrected chi connectivity index (χ3v) is 2.91. The molecule has 0 aliphatic heterocycles. The summed E-state index contributed by atoms with van der Waals surface area (Å²) in [6.07, 6.45) is 3.75. The highest BCUT2D eigenvalue weighted by Gasteiger charge is 2.21. The van der Waals surface area contributed by atoms with Crippen molar-refractivity contribution in [3.8, 4) is 0 Å². The first-order valence-electron chi connectivity index (χ1n) is 6.47. The lowest BCUT2D eigenvalue weighted by Crippen LogP contribution is -2.38. The lowest BCUT2D eigenvalue weighted by atomic mass is 10.1. The second-order valence-corrected chi connectivity index (χ2v) is 4.57. The van der Waals surface area contributed by atoms with Gasteiger partial charge in [0.05, 0.1) is 5.92 Å². The highest BCUT2D eigenvalue weighted by molar-refractivity contribution is 5.94.